The summed E-state index contributed by atoms with van der Waals surface area (Å²) >= 11 is 0. The molecule has 1 N–H and O–H groups in total. The van der Waals surface area contributed by atoms with Gasteiger partial charge >= 0.3 is 0 Å². The van der Waals surface area contributed by atoms with Gasteiger partial charge in [-0.25, -0.2) is 0 Å². The van der Waals surface area contributed by atoms with Crippen LogP contribution >= 0.6 is 0 Å². The Hall–Kier alpha value is -0.0800. The van der Waals surface area contributed by atoms with Crippen molar-refractivity contribution in [3.63, 3.8) is 0 Å². The fourth-order valence-electron chi connectivity index (χ4n) is 4.02. The van der Waals surface area contributed by atoms with Crippen molar-refractivity contribution in [3.05, 3.63) is 0 Å². The minimum Gasteiger partial charge on any atom is -0.312 e. The van der Waals surface area contributed by atoms with E-state index in [9.17, 15) is 0 Å². The second-order valence-electron chi connectivity index (χ2n) is 6.78. The first-order chi connectivity index (χ1) is 8.68. The number of hydrogen-bond donors (Lipinski definition) is 1. The highest BCUT2D eigenvalue weighted by molar-refractivity contribution is 4.84. The van der Waals surface area contributed by atoms with E-state index in [-0.39, 0.29) is 0 Å². The maximum Gasteiger partial charge on any atom is 0.0119 e. The molecule has 2 unspecified atom stereocenters. The van der Waals surface area contributed by atoms with Crippen LogP contribution in [0.4, 0.5) is 0 Å². The largest absolute Gasteiger partial charge is 0.312 e. The molecule has 106 valence electrons. The predicted molar refractivity (Wildman–Crippen MR) is 78.9 cm³/mol. The lowest BCUT2D eigenvalue weighted by Gasteiger charge is -2.36. The van der Waals surface area contributed by atoms with E-state index in [4.69, 9.17) is 0 Å². The van der Waals surface area contributed by atoms with Crippen molar-refractivity contribution in [2.45, 2.75) is 70.9 Å². The van der Waals surface area contributed by atoms with E-state index in [0.717, 1.165) is 23.9 Å². The van der Waals surface area contributed by atoms with Gasteiger partial charge in [-0.1, -0.05) is 33.1 Å². The fraction of sp³-hybridized carbons (Fsp3) is 1.00. The summed E-state index contributed by atoms with van der Waals surface area (Å²) in [5.41, 5.74) is 0. The fourth-order valence-corrected chi connectivity index (χ4v) is 4.02. The third-order valence-electron chi connectivity index (χ3n) is 5.34. The maximum absolute atomic E-state index is 3.83. The Bertz CT molecular complexity index is 225. The van der Waals surface area contributed by atoms with E-state index in [1.54, 1.807) is 0 Å². The van der Waals surface area contributed by atoms with E-state index in [1.165, 1.54) is 58.0 Å². The second kappa shape index (κ2) is 6.91. The highest BCUT2D eigenvalue weighted by Gasteiger charge is 2.27. The van der Waals surface area contributed by atoms with Crippen molar-refractivity contribution in [2.75, 3.05) is 20.1 Å². The zero-order valence-corrected chi connectivity index (χ0v) is 12.6. The first-order valence-corrected chi connectivity index (χ1v) is 8.12. The molecular weight excluding hydrogens is 220 g/mol. The molecular formula is C16H32N2. The van der Waals surface area contributed by atoms with Gasteiger partial charge < -0.3 is 10.2 Å². The second-order valence-corrected chi connectivity index (χ2v) is 6.78. The summed E-state index contributed by atoms with van der Waals surface area (Å²) in [6.45, 7) is 7.25. The molecule has 0 amide bonds. The molecule has 0 saturated heterocycles. The molecule has 0 aromatic heterocycles. The number of hydrogen-bond acceptors (Lipinski definition) is 2. The van der Waals surface area contributed by atoms with Crippen LogP contribution < -0.4 is 5.32 Å². The van der Waals surface area contributed by atoms with Gasteiger partial charge in [0.1, 0.15) is 0 Å². The molecule has 2 aliphatic carbocycles. The van der Waals surface area contributed by atoms with Crippen molar-refractivity contribution < 1.29 is 0 Å². The van der Waals surface area contributed by atoms with Gasteiger partial charge in [-0.3, -0.25) is 0 Å². The van der Waals surface area contributed by atoms with Gasteiger partial charge in [0.15, 0.2) is 0 Å². The molecule has 0 aromatic carbocycles. The molecule has 2 heteroatoms. The highest BCUT2D eigenvalue weighted by Crippen LogP contribution is 2.28. The van der Waals surface area contributed by atoms with E-state index in [1.807, 2.05) is 0 Å². The molecule has 2 rings (SSSR count). The van der Waals surface area contributed by atoms with Gasteiger partial charge in [0, 0.05) is 25.2 Å². The molecule has 2 nitrogen and oxygen atoms in total. The molecule has 0 aromatic rings. The molecule has 2 saturated carbocycles. The zero-order chi connectivity index (χ0) is 13.0. The van der Waals surface area contributed by atoms with Crippen LogP contribution in [0.2, 0.25) is 0 Å². The van der Waals surface area contributed by atoms with Crippen LogP contribution in [0.15, 0.2) is 0 Å². The average Bonchev–Trinajstić information content (AvgIpc) is 2.86. The van der Waals surface area contributed by atoms with E-state index >= 15 is 0 Å². The van der Waals surface area contributed by atoms with Crippen LogP contribution in [-0.2, 0) is 0 Å². The van der Waals surface area contributed by atoms with Crippen LogP contribution in [0.25, 0.3) is 0 Å². The minimum absolute atomic E-state index is 0.760. The van der Waals surface area contributed by atoms with Gasteiger partial charge in [-0.2, -0.15) is 0 Å². The van der Waals surface area contributed by atoms with Crippen LogP contribution in [0, 0.1) is 11.8 Å². The normalized spacial score (nSPS) is 34.3. The predicted octanol–water partition coefficient (Wildman–Crippen LogP) is 3.28. The Balaban J connectivity index is 1.67. The Morgan fingerprint density at radius 3 is 2.17 bits per heavy atom. The summed E-state index contributed by atoms with van der Waals surface area (Å²) in [6, 6.07) is 1.63. The molecule has 0 aliphatic heterocycles. The lowest BCUT2D eigenvalue weighted by molar-refractivity contribution is 0.190. The Morgan fingerprint density at radius 1 is 0.944 bits per heavy atom. The molecule has 2 atom stereocenters. The summed E-state index contributed by atoms with van der Waals surface area (Å²) in [7, 11) is 2.31. The van der Waals surface area contributed by atoms with Crippen LogP contribution in [0.5, 0.6) is 0 Å². The van der Waals surface area contributed by atoms with Crippen molar-refractivity contribution >= 4 is 0 Å². The molecule has 0 heterocycles. The van der Waals surface area contributed by atoms with Gasteiger partial charge in [-0.05, 0) is 44.6 Å². The van der Waals surface area contributed by atoms with Gasteiger partial charge in [-0.15, -0.1) is 0 Å². The summed E-state index contributed by atoms with van der Waals surface area (Å²) in [5, 5.41) is 3.83. The number of nitrogens with zero attached hydrogens (tertiary/aromatic N) is 1. The number of nitrogens with one attached hydrogen (secondary N) is 1. The number of rotatable bonds is 5. The smallest absolute Gasteiger partial charge is 0.0119 e. The standard InChI is InChI=1S/C16H32N2/c1-13-7-6-8-14(2)16(13)17-11-12-18(3)15-9-4-5-10-15/h13-17H,4-12H2,1-3H3. The zero-order valence-electron chi connectivity index (χ0n) is 12.6. The molecule has 0 radical (unpaired) electrons. The lowest BCUT2D eigenvalue weighted by Crippen LogP contribution is -2.46. The third-order valence-corrected chi connectivity index (χ3v) is 5.34. The molecule has 2 fully saturated rings. The van der Waals surface area contributed by atoms with Crippen LogP contribution in [0.3, 0.4) is 0 Å². The summed E-state index contributed by atoms with van der Waals surface area (Å²) < 4.78 is 0. The number of likely N-dealkylation sites (N-methyl/N-ethyl adjacent to an activating group) is 1. The molecule has 0 bridgehead atoms. The average molecular weight is 252 g/mol. The van der Waals surface area contributed by atoms with Gasteiger partial charge in [0.05, 0.1) is 0 Å². The van der Waals surface area contributed by atoms with Crippen LogP contribution in [0.1, 0.15) is 58.8 Å². The van der Waals surface area contributed by atoms with E-state index in [0.29, 0.717) is 0 Å². The van der Waals surface area contributed by atoms with Crippen molar-refractivity contribution in [1.82, 2.24) is 10.2 Å². The van der Waals surface area contributed by atoms with Crippen molar-refractivity contribution in [2.24, 2.45) is 11.8 Å². The van der Waals surface area contributed by atoms with Gasteiger partial charge in [0.25, 0.3) is 0 Å². The van der Waals surface area contributed by atoms with E-state index in [2.05, 4.69) is 31.1 Å². The van der Waals surface area contributed by atoms with E-state index < -0.39 is 0 Å². The molecule has 0 spiro atoms. The maximum atomic E-state index is 3.83. The molecule has 2 aliphatic rings. The molecule has 18 heavy (non-hydrogen) atoms. The van der Waals surface area contributed by atoms with Gasteiger partial charge in [0.2, 0.25) is 0 Å². The first kappa shape index (κ1) is 14.3. The van der Waals surface area contributed by atoms with Crippen molar-refractivity contribution in [1.29, 1.82) is 0 Å². The monoisotopic (exact) mass is 252 g/mol. The minimum atomic E-state index is 0.760. The Kier molecular flexibility index (Phi) is 5.50. The first-order valence-electron chi connectivity index (χ1n) is 8.12. The van der Waals surface area contributed by atoms with Crippen molar-refractivity contribution in [3.8, 4) is 0 Å². The highest BCUT2D eigenvalue weighted by atomic mass is 15.1. The topological polar surface area (TPSA) is 15.3 Å². The third kappa shape index (κ3) is 3.71. The summed E-state index contributed by atoms with van der Waals surface area (Å²) in [5.74, 6) is 1.73. The Labute approximate surface area is 114 Å². The SMILES string of the molecule is CC1CCCC(C)C1NCCN(C)C1CCCC1. The summed E-state index contributed by atoms with van der Waals surface area (Å²) in [4.78, 5) is 2.58. The lowest BCUT2D eigenvalue weighted by atomic mass is 9.79. The Morgan fingerprint density at radius 2 is 1.56 bits per heavy atom. The summed E-state index contributed by atoms with van der Waals surface area (Å²) in [6.07, 6.45) is 10.0. The quantitative estimate of drug-likeness (QED) is 0.808. The van der Waals surface area contributed by atoms with Crippen LogP contribution in [-0.4, -0.2) is 37.1 Å².